The van der Waals surface area contributed by atoms with Crippen molar-refractivity contribution in [2.75, 3.05) is 11.9 Å². The van der Waals surface area contributed by atoms with E-state index in [4.69, 9.17) is 0 Å². The Morgan fingerprint density at radius 1 is 0.917 bits per heavy atom. The van der Waals surface area contributed by atoms with Crippen LogP contribution in [0.15, 0.2) is 35.4 Å². The smallest absolute Gasteiger partial charge is 0.259 e. The third-order valence-corrected chi connectivity index (χ3v) is 2.85. The molecule has 1 amide bonds. The summed E-state index contributed by atoms with van der Waals surface area (Å²) in [6.07, 6.45) is 0.344. The lowest BCUT2D eigenvalue weighted by Gasteiger charge is -2.05. The van der Waals surface area contributed by atoms with Crippen LogP contribution in [-0.4, -0.2) is 18.7 Å². The second kappa shape index (κ2) is 7.53. The first-order chi connectivity index (χ1) is 11.4. The average Bonchev–Trinajstić information content (AvgIpc) is 2.60. The number of amides is 1. The first-order valence-corrected chi connectivity index (χ1v) is 6.54. The van der Waals surface area contributed by atoms with Gasteiger partial charge in [0, 0.05) is 5.69 Å². The molecule has 0 aliphatic heterocycles. The van der Waals surface area contributed by atoms with Crippen LogP contribution in [0.5, 0.6) is 0 Å². The number of halogens is 5. The molecule has 126 valence electrons. The molecule has 2 rings (SSSR count). The van der Waals surface area contributed by atoms with Crippen molar-refractivity contribution in [3.8, 4) is 0 Å². The summed E-state index contributed by atoms with van der Waals surface area (Å²) in [4.78, 5) is 11.5. The van der Waals surface area contributed by atoms with E-state index in [0.29, 0.717) is 11.9 Å². The predicted octanol–water partition coefficient (Wildman–Crippen LogP) is 2.94. The number of hydrogen-bond donors (Lipinski definition) is 2. The van der Waals surface area contributed by atoms with Gasteiger partial charge in [0.25, 0.3) is 5.91 Å². The van der Waals surface area contributed by atoms with Crippen LogP contribution in [0.25, 0.3) is 0 Å². The largest absolute Gasteiger partial charge is 0.376 e. The van der Waals surface area contributed by atoms with Crippen LogP contribution in [0.2, 0.25) is 0 Å². The Morgan fingerprint density at radius 3 is 2.04 bits per heavy atom. The molecule has 0 aromatic heterocycles. The van der Waals surface area contributed by atoms with Gasteiger partial charge in [0.1, 0.15) is 0 Å². The van der Waals surface area contributed by atoms with Gasteiger partial charge in [0.2, 0.25) is 5.82 Å². The van der Waals surface area contributed by atoms with Crippen molar-refractivity contribution in [2.24, 2.45) is 5.10 Å². The maximum Gasteiger partial charge on any atom is 0.259 e. The maximum atomic E-state index is 13.4. The molecule has 0 bridgehead atoms. The van der Waals surface area contributed by atoms with Gasteiger partial charge < -0.3 is 5.32 Å². The number of benzene rings is 2. The van der Waals surface area contributed by atoms with Crippen LogP contribution in [0.4, 0.5) is 27.6 Å². The molecule has 4 nitrogen and oxygen atoms in total. The number of para-hydroxylation sites is 1. The van der Waals surface area contributed by atoms with Crippen molar-refractivity contribution in [3.63, 3.8) is 0 Å². The fraction of sp³-hybridized carbons (Fsp3) is 0.0667. The van der Waals surface area contributed by atoms with Crippen molar-refractivity contribution < 1.29 is 26.7 Å². The molecule has 0 aliphatic carbocycles. The fourth-order valence-electron chi connectivity index (χ4n) is 1.68. The van der Waals surface area contributed by atoms with E-state index < -0.39 is 40.6 Å². The highest BCUT2D eigenvalue weighted by Gasteiger charge is 2.24. The molecule has 0 radical (unpaired) electrons. The summed E-state index contributed by atoms with van der Waals surface area (Å²) in [5, 5.41) is 5.92. The Kier molecular flexibility index (Phi) is 5.46. The van der Waals surface area contributed by atoms with Crippen LogP contribution < -0.4 is 10.7 Å². The lowest BCUT2D eigenvalue weighted by Crippen LogP contribution is -2.26. The normalized spacial score (nSPS) is 10.9. The van der Waals surface area contributed by atoms with Crippen molar-refractivity contribution >= 4 is 17.8 Å². The summed E-state index contributed by atoms with van der Waals surface area (Å²) < 4.78 is 65.5. The molecule has 24 heavy (non-hydrogen) atoms. The average molecular weight is 343 g/mol. The zero-order valence-electron chi connectivity index (χ0n) is 11.9. The number of carbonyl (C=O) groups excluding carboxylic acids is 1. The molecule has 0 fully saturated rings. The summed E-state index contributed by atoms with van der Waals surface area (Å²) >= 11 is 0. The minimum Gasteiger partial charge on any atom is -0.376 e. The highest BCUT2D eigenvalue weighted by atomic mass is 19.2. The van der Waals surface area contributed by atoms with Gasteiger partial charge in [-0.25, -0.2) is 27.4 Å². The highest BCUT2D eigenvalue weighted by Crippen LogP contribution is 2.21. The third kappa shape index (κ3) is 3.86. The van der Waals surface area contributed by atoms with Crippen molar-refractivity contribution in [1.29, 1.82) is 0 Å². The quantitative estimate of drug-likeness (QED) is 0.288. The molecular formula is C15H10F5N3O. The van der Waals surface area contributed by atoms with Crippen LogP contribution in [0.1, 0.15) is 5.56 Å². The molecule has 0 saturated carbocycles. The van der Waals surface area contributed by atoms with Crippen molar-refractivity contribution in [1.82, 2.24) is 5.43 Å². The molecule has 2 aromatic rings. The predicted molar refractivity (Wildman–Crippen MR) is 76.9 cm³/mol. The van der Waals surface area contributed by atoms with Crippen molar-refractivity contribution in [2.45, 2.75) is 0 Å². The van der Waals surface area contributed by atoms with Gasteiger partial charge in [-0.1, -0.05) is 18.2 Å². The van der Waals surface area contributed by atoms with Gasteiger partial charge >= 0.3 is 0 Å². The molecule has 0 unspecified atom stereocenters. The summed E-state index contributed by atoms with van der Waals surface area (Å²) in [7, 11) is 0. The Bertz CT molecular complexity index is 751. The minimum atomic E-state index is -2.27. The second-order valence-electron chi connectivity index (χ2n) is 4.50. The zero-order valence-corrected chi connectivity index (χ0v) is 11.9. The van der Waals surface area contributed by atoms with Gasteiger partial charge in [-0.3, -0.25) is 4.79 Å². The fourth-order valence-corrected chi connectivity index (χ4v) is 1.68. The maximum absolute atomic E-state index is 13.4. The van der Waals surface area contributed by atoms with E-state index in [1.54, 1.807) is 30.3 Å². The highest BCUT2D eigenvalue weighted by molar-refractivity contribution is 5.84. The summed E-state index contributed by atoms with van der Waals surface area (Å²) in [5.41, 5.74) is 1.31. The van der Waals surface area contributed by atoms with Gasteiger partial charge in [0.05, 0.1) is 18.3 Å². The Balaban J connectivity index is 2.00. The topological polar surface area (TPSA) is 53.5 Å². The van der Waals surface area contributed by atoms with Crippen LogP contribution in [0, 0.1) is 29.1 Å². The molecule has 0 atom stereocenters. The van der Waals surface area contributed by atoms with Crippen LogP contribution >= 0.6 is 0 Å². The SMILES string of the molecule is O=C(CNc1ccccc1)N/N=C\c1c(F)c(F)c(F)c(F)c1F. The number of nitrogens with zero attached hydrogens (tertiary/aromatic N) is 1. The van der Waals surface area contributed by atoms with E-state index in [9.17, 15) is 26.7 Å². The number of nitrogens with one attached hydrogen (secondary N) is 2. The zero-order chi connectivity index (χ0) is 17.7. The summed E-state index contributed by atoms with van der Waals surface area (Å²) in [6.45, 7) is -0.210. The van der Waals surface area contributed by atoms with E-state index in [1.165, 1.54) is 0 Å². The molecule has 2 N–H and O–H groups in total. The molecule has 9 heteroatoms. The molecule has 0 saturated heterocycles. The van der Waals surface area contributed by atoms with E-state index in [-0.39, 0.29) is 6.54 Å². The van der Waals surface area contributed by atoms with Gasteiger partial charge in [-0.15, -0.1) is 0 Å². The van der Waals surface area contributed by atoms with Crippen LogP contribution in [0.3, 0.4) is 0 Å². The van der Waals surface area contributed by atoms with Gasteiger partial charge in [-0.2, -0.15) is 5.10 Å². The summed E-state index contributed by atoms with van der Waals surface area (Å²) in [5.74, 6) is -11.2. The van der Waals surface area contributed by atoms with Gasteiger partial charge in [0.15, 0.2) is 23.3 Å². The molecule has 0 aliphatic rings. The molecule has 2 aromatic carbocycles. The standard InChI is InChI=1S/C15H10F5N3O/c16-11-9(12(17)14(19)15(20)13(11)18)6-22-23-10(24)7-21-8-4-2-1-3-5-8/h1-6,21H,7H2,(H,23,24)/b22-6-. The van der Waals surface area contributed by atoms with E-state index in [1.807, 2.05) is 5.43 Å². The minimum absolute atomic E-state index is 0.210. The number of anilines is 1. The first-order valence-electron chi connectivity index (χ1n) is 6.54. The lowest BCUT2D eigenvalue weighted by molar-refractivity contribution is -0.119. The number of rotatable bonds is 5. The Morgan fingerprint density at radius 2 is 1.46 bits per heavy atom. The summed E-state index contributed by atoms with van der Waals surface area (Å²) in [6, 6.07) is 8.65. The first kappa shape index (κ1) is 17.4. The van der Waals surface area contributed by atoms with Crippen molar-refractivity contribution in [3.05, 3.63) is 65.0 Å². The second-order valence-corrected chi connectivity index (χ2v) is 4.50. The monoisotopic (exact) mass is 343 g/mol. The molecule has 0 heterocycles. The van der Waals surface area contributed by atoms with Gasteiger partial charge in [-0.05, 0) is 12.1 Å². The molecule has 0 spiro atoms. The van der Waals surface area contributed by atoms with E-state index in [2.05, 4.69) is 10.4 Å². The lowest BCUT2D eigenvalue weighted by atomic mass is 10.2. The number of hydrogen-bond acceptors (Lipinski definition) is 3. The van der Waals surface area contributed by atoms with E-state index >= 15 is 0 Å². The Hall–Kier alpha value is -2.97. The Labute approximate surface area is 133 Å². The van der Waals surface area contributed by atoms with E-state index in [0.717, 1.165) is 0 Å². The number of carbonyl (C=O) groups is 1. The molecular weight excluding hydrogens is 333 g/mol. The third-order valence-electron chi connectivity index (χ3n) is 2.85. The number of hydrazone groups is 1. The van der Waals surface area contributed by atoms with Crippen LogP contribution in [-0.2, 0) is 4.79 Å².